The van der Waals surface area contributed by atoms with Crippen molar-refractivity contribution in [1.29, 1.82) is 10.8 Å². The van der Waals surface area contributed by atoms with E-state index in [0.717, 1.165) is 0 Å². The van der Waals surface area contributed by atoms with Crippen LogP contribution in [0.4, 0.5) is 0 Å². The summed E-state index contributed by atoms with van der Waals surface area (Å²) in [6.45, 7) is 0. The van der Waals surface area contributed by atoms with Gasteiger partial charge >= 0.3 is 17.1 Å². The molecule has 29 heavy (non-hydrogen) atoms. The second-order valence-corrected chi connectivity index (χ2v) is 5.78. The molecule has 0 aliphatic rings. The number of halogens is 2. The van der Waals surface area contributed by atoms with E-state index in [0.29, 0.717) is 0 Å². The maximum absolute atomic E-state index is 8.49. The molecule has 0 aliphatic heterocycles. The number of rotatable bonds is 0. The second-order valence-electron chi connectivity index (χ2n) is 4.27. The molecular weight excluding hydrogens is 490 g/mol. The minimum Gasteiger partial charge on any atom is -0.370 e. The molecule has 0 rings (SSSR count). The zero-order valence-electron chi connectivity index (χ0n) is 15.5. The topological polar surface area (TPSA) is 367 Å². The molecule has 18 nitrogen and oxygen atoms in total. The number of guanidine groups is 4. The average molecular weight is 512 g/mol. The Bertz CT molecular complexity index is 457. The van der Waals surface area contributed by atoms with Gasteiger partial charge in [0.05, 0.1) is 0 Å². The van der Waals surface area contributed by atoms with Gasteiger partial charge in [-0.15, -0.1) is 20.5 Å². The number of nitrogens with one attached hydrogen (secondary N) is 2. The van der Waals surface area contributed by atoms with Gasteiger partial charge in [-0.3, -0.25) is 10.8 Å². The first-order valence-corrected chi connectivity index (χ1v) is 8.49. The van der Waals surface area contributed by atoms with Gasteiger partial charge in [0, 0.05) is 28.2 Å². The van der Waals surface area contributed by atoms with E-state index in [-0.39, 0.29) is 40.9 Å². The Morgan fingerprint density at radius 1 is 0.621 bits per heavy atom. The standard InChI is InChI=1S/2C4H11N5.2ClHO4.Mn/c2*1-9(2)4(7)8-3(5)6;2*2-1(3,4)5;/h2*1-2H3,(H5,5,6,7,8);2*(H,2,3,4,5);/q;;;;+2/p-2. The smallest absolute Gasteiger partial charge is 0.370 e. The van der Waals surface area contributed by atoms with Crippen LogP contribution in [0, 0.1) is 31.3 Å². The summed E-state index contributed by atoms with van der Waals surface area (Å²) in [5.41, 5.74) is 20.0. The summed E-state index contributed by atoms with van der Waals surface area (Å²) in [5.74, 6) is -0.0765. The Labute approximate surface area is 180 Å². The number of aliphatic imine (C=N–C) groups is 2. The van der Waals surface area contributed by atoms with Crippen molar-refractivity contribution >= 4 is 23.8 Å². The van der Waals surface area contributed by atoms with Gasteiger partial charge in [-0.25, -0.2) is 37.3 Å². The molecule has 0 fully saturated rings. The predicted octanol–water partition coefficient (Wildman–Crippen LogP) is -12.0. The molecule has 0 bridgehead atoms. The van der Waals surface area contributed by atoms with E-state index < -0.39 is 20.5 Å². The van der Waals surface area contributed by atoms with E-state index in [2.05, 4.69) is 9.98 Å². The van der Waals surface area contributed by atoms with Crippen LogP contribution in [0.25, 0.3) is 0 Å². The fourth-order valence-corrected chi connectivity index (χ4v) is 0.445. The molecule has 10 N–H and O–H groups in total. The SMILES string of the molecule is CN(C)C(=N)N=C(N)N.CN(C)C(=N)N=C(N)N.[Mn+2].[O-][Cl+3]([O-])([O-])[O-].[O-][Cl+3]([O-])([O-])[O-]. The third kappa shape index (κ3) is 76.0. The van der Waals surface area contributed by atoms with Crippen LogP contribution in [0.5, 0.6) is 0 Å². The molecule has 0 aromatic heterocycles. The number of hydrogen-bond donors (Lipinski definition) is 6. The number of nitrogens with two attached hydrogens (primary N) is 4. The molecule has 0 spiro atoms. The van der Waals surface area contributed by atoms with Crippen molar-refractivity contribution in [3.8, 4) is 0 Å². The van der Waals surface area contributed by atoms with Gasteiger partial charge in [0.2, 0.25) is 11.9 Å². The number of hydrogen-bond acceptors (Lipinski definition) is 10. The van der Waals surface area contributed by atoms with Crippen molar-refractivity contribution in [2.75, 3.05) is 28.2 Å². The first kappa shape index (κ1) is 37.9. The Morgan fingerprint density at radius 2 is 0.759 bits per heavy atom. The molecule has 0 aromatic rings. The molecule has 0 atom stereocenters. The minimum absolute atomic E-state index is 0. The fourth-order valence-electron chi connectivity index (χ4n) is 0.445. The Balaban J connectivity index is -0.0000000907. The van der Waals surface area contributed by atoms with Crippen LogP contribution in [-0.4, -0.2) is 61.8 Å². The Morgan fingerprint density at radius 3 is 0.793 bits per heavy atom. The van der Waals surface area contributed by atoms with E-state index in [1.54, 1.807) is 28.2 Å². The molecule has 0 unspecified atom stereocenters. The second kappa shape index (κ2) is 18.3. The summed E-state index contributed by atoms with van der Waals surface area (Å²) in [6, 6.07) is 0. The summed E-state index contributed by atoms with van der Waals surface area (Å²) >= 11 is 0. The van der Waals surface area contributed by atoms with Crippen LogP contribution in [-0.2, 0) is 17.1 Å². The quantitative estimate of drug-likeness (QED) is 0.0997. The summed E-state index contributed by atoms with van der Waals surface area (Å²) < 4.78 is 67.9. The van der Waals surface area contributed by atoms with Gasteiger partial charge in [0.1, 0.15) is 0 Å². The third-order valence-corrected chi connectivity index (χ3v) is 1.32. The van der Waals surface area contributed by atoms with Crippen LogP contribution in [0.2, 0.25) is 0 Å². The van der Waals surface area contributed by atoms with Crippen LogP contribution < -0.4 is 60.2 Å². The zero-order valence-corrected chi connectivity index (χ0v) is 18.2. The van der Waals surface area contributed by atoms with Crippen molar-refractivity contribution in [3.05, 3.63) is 0 Å². The van der Waals surface area contributed by atoms with Crippen molar-refractivity contribution in [1.82, 2.24) is 9.80 Å². The van der Waals surface area contributed by atoms with E-state index in [4.69, 9.17) is 71.0 Å². The zero-order chi connectivity index (χ0) is 23.9. The fraction of sp³-hybridized carbons (Fsp3) is 0.500. The molecule has 0 saturated heterocycles. The average Bonchev–Trinajstić information content (AvgIpc) is 2.33. The summed E-state index contributed by atoms with van der Waals surface area (Å²) in [7, 11) is -3.13. The van der Waals surface area contributed by atoms with Crippen molar-refractivity contribution in [2.24, 2.45) is 32.9 Å². The maximum atomic E-state index is 8.49. The molecule has 0 amide bonds. The van der Waals surface area contributed by atoms with E-state index in [1.807, 2.05) is 0 Å². The molecule has 173 valence electrons. The van der Waals surface area contributed by atoms with E-state index in [1.165, 1.54) is 9.80 Å². The van der Waals surface area contributed by atoms with Gasteiger partial charge < -0.3 is 32.7 Å². The molecule has 0 saturated carbocycles. The summed E-state index contributed by atoms with van der Waals surface area (Å²) in [4.78, 5) is 9.92. The minimum atomic E-state index is -4.94. The Hall–Kier alpha value is -1.74. The van der Waals surface area contributed by atoms with E-state index >= 15 is 0 Å². The summed E-state index contributed by atoms with van der Waals surface area (Å²) in [6.07, 6.45) is 0. The van der Waals surface area contributed by atoms with Crippen LogP contribution in [0.1, 0.15) is 0 Å². The first-order valence-electron chi connectivity index (χ1n) is 6.02. The van der Waals surface area contributed by atoms with Crippen molar-refractivity contribution < 1.29 is 74.8 Å². The van der Waals surface area contributed by atoms with Gasteiger partial charge in [-0.2, -0.15) is 9.98 Å². The normalized spacial score (nSPS) is 9.24. The van der Waals surface area contributed by atoms with Gasteiger partial charge in [-0.05, 0) is 0 Å². The predicted molar refractivity (Wildman–Crippen MR) is 74.4 cm³/mol. The summed E-state index contributed by atoms with van der Waals surface area (Å²) in [5, 5.41) is 14.1. The number of nitrogens with zero attached hydrogens (tertiary/aromatic N) is 4. The molecule has 0 aromatic carbocycles. The molecule has 21 heteroatoms. The van der Waals surface area contributed by atoms with Crippen LogP contribution >= 0.6 is 0 Å². The van der Waals surface area contributed by atoms with Crippen molar-refractivity contribution in [3.63, 3.8) is 0 Å². The molecular formula is C8H22Cl2MnN10O8. The Kier molecular flexibility index (Phi) is 23.9. The first-order chi connectivity index (χ1) is 12.1. The van der Waals surface area contributed by atoms with Gasteiger partial charge in [-0.1, -0.05) is 0 Å². The van der Waals surface area contributed by atoms with Gasteiger partial charge in [0.15, 0.2) is 11.9 Å². The van der Waals surface area contributed by atoms with Gasteiger partial charge in [0.25, 0.3) is 0 Å². The third-order valence-electron chi connectivity index (χ3n) is 1.32. The van der Waals surface area contributed by atoms with Crippen LogP contribution in [0.15, 0.2) is 9.98 Å². The van der Waals surface area contributed by atoms with E-state index in [9.17, 15) is 0 Å². The molecule has 1 radical (unpaired) electrons. The molecule has 0 heterocycles. The van der Waals surface area contributed by atoms with Crippen molar-refractivity contribution in [2.45, 2.75) is 0 Å². The maximum Gasteiger partial charge on any atom is 2.00 e. The monoisotopic (exact) mass is 511 g/mol. The largest absolute Gasteiger partial charge is 2.00 e. The molecule has 0 aliphatic carbocycles. The van der Waals surface area contributed by atoms with Crippen LogP contribution in [0.3, 0.4) is 0 Å².